The first-order valence-corrected chi connectivity index (χ1v) is 4.90. The summed E-state index contributed by atoms with van der Waals surface area (Å²) in [5.41, 5.74) is -0.303. The van der Waals surface area contributed by atoms with Gasteiger partial charge in [0.15, 0.2) is 0 Å². The third kappa shape index (κ3) is 5.68. The van der Waals surface area contributed by atoms with Gasteiger partial charge in [0, 0.05) is 7.11 Å². The standard InChI is InChI=1S/C11H21NO/c1-5-7-8-9-12-11(3,6-2)10-13-4/h2,12H,5,7-10H2,1,3-4H3. The molecule has 0 heterocycles. The summed E-state index contributed by atoms with van der Waals surface area (Å²) in [6.07, 6.45) is 9.08. The van der Waals surface area contributed by atoms with Crippen molar-refractivity contribution in [1.82, 2.24) is 5.32 Å². The van der Waals surface area contributed by atoms with Gasteiger partial charge in [0.05, 0.1) is 6.61 Å². The van der Waals surface area contributed by atoms with Gasteiger partial charge in [0.2, 0.25) is 0 Å². The molecule has 1 N–H and O–H groups in total. The van der Waals surface area contributed by atoms with E-state index in [1.165, 1.54) is 19.3 Å². The van der Waals surface area contributed by atoms with Crippen LogP contribution in [0, 0.1) is 12.3 Å². The molecule has 0 aromatic carbocycles. The van der Waals surface area contributed by atoms with E-state index in [1.807, 2.05) is 6.92 Å². The van der Waals surface area contributed by atoms with Crippen molar-refractivity contribution in [2.45, 2.75) is 38.6 Å². The lowest BCUT2D eigenvalue weighted by Crippen LogP contribution is -2.45. The highest BCUT2D eigenvalue weighted by atomic mass is 16.5. The van der Waals surface area contributed by atoms with E-state index in [0.717, 1.165) is 6.54 Å². The second-order valence-electron chi connectivity index (χ2n) is 3.54. The number of unbranched alkanes of at least 4 members (excludes halogenated alkanes) is 2. The Labute approximate surface area is 82.1 Å². The van der Waals surface area contributed by atoms with Crippen molar-refractivity contribution in [2.24, 2.45) is 0 Å². The van der Waals surface area contributed by atoms with Crippen LogP contribution < -0.4 is 5.32 Å². The highest BCUT2D eigenvalue weighted by Gasteiger charge is 2.19. The van der Waals surface area contributed by atoms with Crippen molar-refractivity contribution in [2.75, 3.05) is 20.3 Å². The number of nitrogens with one attached hydrogen (secondary N) is 1. The molecule has 1 unspecified atom stereocenters. The monoisotopic (exact) mass is 183 g/mol. The lowest BCUT2D eigenvalue weighted by atomic mass is 10.1. The minimum absolute atomic E-state index is 0.303. The molecule has 0 fully saturated rings. The van der Waals surface area contributed by atoms with Crippen LogP contribution in [0.25, 0.3) is 0 Å². The van der Waals surface area contributed by atoms with Gasteiger partial charge >= 0.3 is 0 Å². The molecule has 0 saturated carbocycles. The van der Waals surface area contributed by atoms with E-state index in [-0.39, 0.29) is 5.54 Å². The lowest BCUT2D eigenvalue weighted by Gasteiger charge is -2.24. The zero-order valence-electron chi connectivity index (χ0n) is 9.02. The normalized spacial score (nSPS) is 14.9. The van der Waals surface area contributed by atoms with Crippen LogP contribution in [-0.4, -0.2) is 25.8 Å². The fourth-order valence-corrected chi connectivity index (χ4v) is 1.17. The predicted octanol–water partition coefficient (Wildman–Crippen LogP) is 1.80. The highest BCUT2D eigenvalue weighted by molar-refractivity contribution is 5.10. The summed E-state index contributed by atoms with van der Waals surface area (Å²) in [5, 5.41) is 3.32. The molecule has 0 aromatic heterocycles. The van der Waals surface area contributed by atoms with Crippen LogP contribution in [0.3, 0.4) is 0 Å². The molecule has 0 aromatic rings. The zero-order chi connectivity index (χ0) is 10.2. The second kappa shape index (κ2) is 6.94. The quantitative estimate of drug-likeness (QED) is 0.480. The smallest absolute Gasteiger partial charge is 0.101 e. The molecule has 0 radical (unpaired) electrons. The molecule has 2 heteroatoms. The van der Waals surface area contributed by atoms with E-state index in [2.05, 4.69) is 18.2 Å². The van der Waals surface area contributed by atoms with Gasteiger partial charge in [-0.25, -0.2) is 0 Å². The molecule has 2 nitrogen and oxygen atoms in total. The van der Waals surface area contributed by atoms with Gasteiger partial charge in [-0.15, -0.1) is 6.42 Å². The average molecular weight is 183 g/mol. The van der Waals surface area contributed by atoms with Crippen LogP contribution in [0.1, 0.15) is 33.1 Å². The van der Waals surface area contributed by atoms with Crippen molar-refractivity contribution >= 4 is 0 Å². The van der Waals surface area contributed by atoms with E-state index in [4.69, 9.17) is 11.2 Å². The zero-order valence-corrected chi connectivity index (χ0v) is 9.02. The summed E-state index contributed by atoms with van der Waals surface area (Å²) < 4.78 is 5.05. The van der Waals surface area contributed by atoms with Crippen LogP contribution in [0.5, 0.6) is 0 Å². The molecule has 0 aliphatic heterocycles. The molecule has 0 spiro atoms. The van der Waals surface area contributed by atoms with Crippen LogP contribution in [0.15, 0.2) is 0 Å². The number of ether oxygens (including phenoxy) is 1. The van der Waals surface area contributed by atoms with Crippen molar-refractivity contribution in [3.63, 3.8) is 0 Å². The fraction of sp³-hybridized carbons (Fsp3) is 0.818. The molecule has 0 aliphatic rings. The SMILES string of the molecule is C#CC(C)(COC)NCCCCC. The minimum atomic E-state index is -0.303. The van der Waals surface area contributed by atoms with Crippen molar-refractivity contribution in [3.8, 4) is 12.3 Å². The molecule has 0 amide bonds. The first kappa shape index (κ1) is 12.5. The summed E-state index contributed by atoms with van der Waals surface area (Å²) in [7, 11) is 1.67. The Balaban J connectivity index is 3.65. The Morgan fingerprint density at radius 2 is 2.15 bits per heavy atom. The average Bonchev–Trinajstić information content (AvgIpc) is 2.13. The van der Waals surface area contributed by atoms with Crippen LogP contribution in [0.4, 0.5) is 0 Å². The number of rotatable bonds is 7. The molecule has 76 valence electrons. The van der Waals surface area contributed by atoms with Gasteiger partial charge in [-0.05, 0) is 19.9 Å². The molecule has 13 heavy (non-hydrogen) atoms. The summed E-state index contributed by atoms with van der Waals surface area (Å²) in [5.74, 6) is 2.72. The van der Waals surface area contributed by atoms with Crippen LogP contribution in [-0.2, 0) is 4.74 Å². The first-order valence-electron chi connectivity index (χ1n) is 4.90. The van der Waals surface area contributed by atoms with Crippen LogP contribution in [0.2, 0.25) is 0 Å². The van der Waals surface area contributed by atoms with Gasteiger partial charge in [-0.1, -0.05) is 25.7 Å². The van der Waals surface area contributed by atoms with Gasteiger partial charge in [-0.3, -0.25) is 5.32 Å². The first-order chi connectivity index (χ1) is 6.18. The lowest BCUT2D eigenvalue weighted by molar-refractivity contribution is 0.146. The van der Waals surface area contributed by atoms with E-state index >= 15 is 0 Å². The second-order valence-corrected chi connectivity index (χ2v) is 3.54. The predicted molar refractivity (Wildman–Crippen MR) is 56.6 cm³/mol. The Bertz CT molecular complexity index is 162. The molecule has 0 aliphatic carbocycles. The van der Waals surface area contributed by atoms with Crippen molar-refractivity contribution in [1.29, 1.82) is 0 Å². The maximum Gasteiger partial charge on any atom is 0.101 e. The van der Waals surface area contributed by atoms with E-state index < -0.39 is 0 Å². The topological polar surface area (TPSA) is 21.3 Å². The third-order valence-corrected chi connectivity index (χ3v) is 2.05. The Morgan fingerprint density at radius 1 is 1.46 bits per heavy atom. The summed E-state index contributed by atoms with van der Waals surface area (Å²) in [4.78, 5) is 0. The van der Waals surface area contributed by atoms with Gasteiger partial charge < -0.3 is 4.74 Å². The van der Waals surface area contributed by atoms with E-state index in [9.17, 15) is 0 Å². The molecular weight excluding hydrogens is 162 g/mol. The largest absolute Gasteiger partial charge is 0.382 e. The summed E-state index contributed by atoms with van der Waals surface area (Å²) >= 11 is 0. The third-order valence-electron chi connectivity index (χ3n) is 2.05. The van der Waals surface area contributed by atoms with Crippen molar-refractivity contribution < 1.29 is 4.74 Å². The molecule has 0 saturated heterocycles. The highest BCUT2D eigenvalue weighted by Crippen LogP contribution is 2.02. The summed E-state index contributed by atoms with van der Waals surface area (Å²) in [6.45, 7) is 5.71. The van der Waals surface area contributed by atoms with E-state index in [0.29, 0.717) is 6.61 Å². The Kier molecular flexibility index (Phi) is 6.66. The van der Waals surface area contributed by atoms with Gasteiger partial charge in [0.1, 0.15) is 5.54 Å². The molecule has 1 atom stereocenters. The molecular formula is C11H21NO. The number of methoxy groups -OCH3 is 1. The van der Waals surface area contributed by atoms with Gasteiger partial charge in [0.25, 0.3) is 0 Å². The number of hydrogen-bond acceptors (Lipinski definition) is 2. The van der Waals surface area contributed by atoms with Crippen LogP contribution >= 0.6 is 0 Å². The van der Waals surface area contributed by atoms with E-state index in [1.54, 1.807) is 7.11 Å². The number of terminal acetylenes is 1. The molecule has 0 rings (SSSR count). The van der Waals surface area contributed by atoms with Crippen molar-refractivity contribution in [3.05, 3.63) is 0 Å². The minimum Gasteiger partial charge on any atom is -0.382 e. The Morgan fingerprint density at radius 3 is 2.62 bits per heavy atom. The maximum absolute atomic E-state index is 5.42. The van der Waals surface area contributed by atoms with Gasteiger partial charge in [-0.2, -0.15) is 0 Å². The number of hydrogen-bond donors (Lipinski definition) is 1. The Hall–Kier alpha value is -0.520. The molecule has 0 bridgehead atoms. The summed E-state index contributed by atoms with van der Waals surface area (Å²) in [6, 6.07) is 0. The fourth-order valence-electron chi connectivity index (χ4n) is 1.17. The maximum atomic E-state index is 5.42.